The molecule has 3 N–H and O–H groups in total. The van der Waals surface area contributed by atoms with Crippen molar-refractivity contribution in [2.24, 2.45) is 11.7 Å². The van der Waals surface area contributed by atoms with Gasteiger partial charge in [-0.05, 0) is 36.1 Å². The lowest BCUT2D eigenvalue weighted by atomic mass is 9.86. The van der Waals surface area contributed by atoms with Crippen LogP contribution in [0.1, 0.15) is 38.8 Å². The van der Waals surface area contributed by atoms with Gasteiger partial charge in [0.2, 0.25) is 0 Å². The first kappa shape index (κ1) is 16.0. The van der Waals surface area contributed by atoms with Crippen LogP contribution in [0.25, 0.3) is 0 Å². The molecule has 1 atom stereocenters. The second kappa shape index (κ2) is 6.92. The monoisotopic (exact) mass is 264 g/mol. The zero-order chi connectivity index (χ0) is 14.5. The van der Waals surface area contributed by atoms with Gasteiger partial charge in [0.1, 0.15) is 5.75 Å². The van der Waals surface area contributed by atoms with Crippen molar-refractivity contribution in [1.29, 1.82) is 0 Å². The Kier molecular flexibility index (Phi) is 5.83. The van der Waals surface area contributed by atoms with E-state index in [0.717, 1.165) is 18.8 Å². The van der Waals surface area contributed by atoms with Crippen molar-refractivity contribution >= 4 is 0 Å². The van der Waals surface area contributed by atoms with Crippen LogP contribution in [-0.2, 0) is 12.0 Å². The molecule has 1 aromatic rings. The normalized spacial score (nSPS) is 13.4. The average Bonchev–Trinajstić information content (AvgIpc) is 2.37. The number of hydrogen-bond acceptors (Lipinski definition) is 3. The predicted molar refractivity (Wildman–Crippen MR) is 81.6 cm³/mol. The molecular formula is C16H28N2O. The lowest BCUT2D eigenvalue weighted by Crippen LogP contribution is -2.26. The van der Waals surface area contributed by atoms with Gasteiger partial charge in [-0.1, -0.05) is 39.8 Å². The van der Waals surface area contributed by atoms with Crippen LogP contribution in [0, 0.1) is 5.92 Å². The third kappa shape index (κ3) is 4.84. The molecule has 0 saturated heterocycles. The molecule has 3 nitrogen and oxygen atoms in total. The molecule has 0 amide bonds. The Balaban J connectivity index is 2.79. The molecule has 19 heavy (non-hydrogen) atoms. The maximum absolute atomic E-state index is 5.62. The Morgan fingerprint density at radius 1 is 1.32 bits per heavy atom. The average molecular weight is 264 g/mol. The highest BCUT2D eigenvalue weighted by molar-refractivity contribution is 5.39. The summed E-state index contributed by atoms with van der Waals surface area (Å²) in [7, 11) is 1.72. The molecule has 0 radical (unpaired) electrons. The molecule has 0 aromatic heterocycles. The van der Waals surface area contributed by atoms with E-state index in [9.17, 15) is 0 Å². The van der Waals surface area contributed by atoms with E-state index in [1.54, 1.807) is 7.11 Å². The van der Waals surface area contributed by atoms with Crippen molar-refractivity contribution in [3.05, 3.63) is 29.3 Å². The maximum Gasteiger partial charge on any atom is 0.123 e. The van der Waals surface area contributed by atoms with Crippen molar-refractivity contribution < 1.29 is 4.74 Å². The summed E-state index contributed by atoms with van der Waals surface area (Å²) in [5, 5.41) is 3.45. The first-order chi connectivity index (χ1) is 8.88. The van der Waals surface area contributed by atoms with E-state index >= 15 is 0 Å². The first-order valence-electron chi connectivity index (χ1n) is 6.96. The number of benzene rings is 1. The highest BCUT2D eigenvalue weighted by Gasteiger charge is 2.15. The molecule has 0 bridgehead atoms. The largest absolute Gasteiger partial charge is 0.496 e. The van der Waals surface area contributed by atoms with E-state index in [-0.39, 0.29) is 5.41 Å². The molecule has 108 valence electrons. The van der Waals surface area contributed by atoms with Crippen LogP contribution in [0.5, 0.6) is 5.75 Å². The van der Waals surface area contributed by atoms with E-state index in [1.165, 1.54) is 11.1 Å². The molecule has 0 spiro atoms. The standard InChI is InChI=1S/C16H28N2O/c1-12(9-17)10-18-11-13-8-14(16(2,3)4)6-7-15(13)19-5/h6-8,12,18H,9-11,17H2,1-5H3. The molecule has 0 aliphatic heterocycles. The number of rotatable bonds is 6. The van der Waals surface area contributed by atoms with Crippen LogP contribution >= 0.6 is 0 Å². The molecular weight excluding hydrogens is 236 g/mol. The van der Waals surface area contributed by atoms with Gasteiger partial charge in [0.25, 0.3) is 0 Å². The van der Waals surface area contributed by atoms with Crippen LogP contribution < -0.4 is 15.8 Å². The Labute approximate surface area is 117 Å². The van der Waals surface area contributed by atoms with Gasteiger partial charge in [0.05, 0.1) is 7.11 Å². The topological polar surface area (TPSA) is 47.3 Å². The SMILES string of the molecule is COc1ccc(C(C)(C)C)cc1CNCC(C)CN. The van der Waals surface area contributed by atoms with Crippen LogP contribution in [0.2, 0.25) is 0 Å². The number of methoxy groups -OCH3 is 1. The van der Waals surface area contributed by atoms with E-state index < -0.39 is 0 Å². The fourth-order valence-electron chi connectivity index (χ4n) is 1.92. The van der Waals surface area contributed by atoms with Gasteiger partial charge in [-0.25, -0.2) is 0 Å². The Hall–Kier alpha value is -1.06. The van der Waals surface area contributed by atoms with Crippen molar-refractivity contribution in [3.8, 4) is 5.75 Å². The Bertz CT molecular complexity index is 396. The number of hydrogen-bond donors (Lipinski definition) is 2. The van der Waals surface area contributed by atoms with Gasteiger partial charge >= 0.3 is 0 Å². The van der Waals surface area contributed by atoms with Crippen molar-refractivity contribution in [2.75, 3.05) is 20.2 Å². The summed E-state index contributed by atoms with van der Waals surface area (Å²) in [5.41, 5.74) is 8.32. The van der Waals surface area contributed by atoms with E-state index in [4.69, 9.17) is 10.5 Å². The van der Waals surface area contributed by atoms with Gasteiger partial charge in [0.15, 0.2) is 0 Å². The number of nitrogens with two attached hydrogens (primary N) is 1. The van der Waals surface area contributed by atoms with Crippen LogP contribution in [-0.4, -0.2) is 20.2 Å². The minimum atomic E-state index is 0.158. The highest BCUT2D eigenvalue weighted by atomic mass is 16.5. The summed E-state index contributed by atoms with van der Waals surface area (Å²) in [6.07, 6.45) is 0. The van der Waals surface area contributed by atoms with E-state index in [2.05, 4.69) is 51.2 Å². The molecule has 1 rings (SSSR count). The zero-order valence-corrected chi connectivity index (χ0v) is 12.9. The van der Waals surface area contributed by atoms with Crippen LogP contribution in [0.4, 0.5) is 0 Å². The van der Waals surface area contributed by atoms with Crippen molar-refractivity contribution in [2.45, 2.75) is 39.7 Å². The second-order valence-electron chi connectivity index (χ2n) is 6.25. The molecule has 1 unspecified atom stereocenters. The van der Waals surface area contributed by atoms with Gasteiger partial charge < -0.3 is 15.8 Å². The second-order valence-corrected chi connectivity index (χ2v) is 6.25. The molecule has 1 aromatic carbocycles. The molecule has 0 heterocycles. The lowest BCUT2D eigenvalue weighted by molar-refractivity contribution is 0.405. The third-order valence-corrected chi connectivity index (χ3v) is 3.36. The molecule has 0 aliphatic rings. The lowest BCUT2D eigenvalue weighted by Gasteiger charge is -2.21. The highest BCUT2D eigenvalue weighted by Crippen LogP contribution is 2.27. The summed E-state index contributed by atoms with van der Waals surface area (Å²) in [6.45, 7) is 11.3. The van der Waals surface area contributed by atoms with Crippen LogP contribution in [0.15, 0.2) is 18.2 Å². The summed E-state index contributed by atoms with van der Waals surface area (Å²) in [4.78, 5) is 0. The fourth-order valence-corrected chi connectivity index (χ4v) is 1.92. The van der Waals surface area contributed by atoms with Gasteiger partial charge in [-0.2, -0.15) is 0 Å². The fraction of sp³-hybridized carbons (Fsp3) is 0.625. The summed E-state index contributed by atoms with van der Waals surface area (Å²) in [5.74, 6) is 1.44. The molecule has 0 aliphatic carbocycles. The summed E-state index contributed by atoms with van der Waals surface area (Å²) < 4.78 is 5.43. The minimum Gasteiger partial charge on any atom is -0.496 e. The zero-order valence-electron chi connectivity index (χ0n) is 12.9. The van der Waals surface area contributed by atoms with E-state index in [1.807, 2.05) is 0 Å². The van der Waals surface area contributed by atoms with Gasteiger partial charge in [0, 0.05) is 12.1 Å². The quantitative estimate of drug-likeness (QED) is 0.830. The molecule has 0 saturated carbocycles. The molecule has 0 fully saturated rings. The summed E-state index contributed by atoms with van der Waals surface area (Å²) >= 11 is 0. The Morgan fingerprint density at radius 2 is 2.00 bits per heavy atom. The third-order valence-electron chi connectivity index (χ3n) is 3.36. The van der Waals surface area contributed by atoms with Gasteiger partial charge in [-0.3, -0.25) is 0 Å². The Morgan fingerprint density at radius 3 is 2.53 bits per heavy atom. The van der Waals surface area contributed by atoms with E-state index in [0.29, 0.717) is 12.5 Å². The number of ether oxygens (including phenoxy) is 1. The maximum atomic E-state index is 5.62. The van der Waals surface area contributed by atoms with Crippen molar-refractivity contribution in [3.63, 3.8) is 0 Å². The van der Waals surface area contributed by atoms with Crippen LogP contribution in [0.3, 0.4) is 0 Å². The van der Waals surface area contributed by atoms with Crippen molar-refractivity contribution in [1.82, 2.24) is 5.32 Å². The number of nitrogens with one attached hydrogen (secondary N) is 1. The minimum absolute atomic E-state index is 0.158. The smallest absolute Gasteiger partial charge is 0.123 e. The summed E-state index contributed by atoms with van der Waals surface area (Å²) in [6, 6.07) is 6.44. The molecule has 3 heteroatoms. The van der Waals surface area contributed by atoms with Gasteiger partial charge in [-0.15, -0.1) is 0 Å². The predicted octanol–water partition coefficient (Wildman–Crippen LogP) is 2.68. The first-order valence-corrected chi connectivity index (χ1v) is 6.96.